The van der Waals surface area contributed by atoms with Crippen LogP contribution in [0.5, 0.6) is 5.75 Å². The quantitative estimate of drug-likeness (QED) is 0.799. The summed E-state index contributed by atoms with van der Waals surface area (Å²) in [6.07, 6.45) is 0. The fraction of sp³-hybridized carbons (Fsp3) is 0.364. The van der Waals surface area contributed by atoms with E-state index in [0.717, 1.165) is 11.3 Å². The predicted molar refractivity (Wildman–Crippen MR) is 60.2 cm³/mol. The molecule has 0 aromatic heterocycles. The Labute approximate surface area is 94.4 Å². The molecule has 82 valence electrons. The lowest BCUT2D eigenvalue weighted by Crippen LogP contribution is -2.28. The van der Waals surface area contributed by atoms with Crippen molar-refractivity contribution in [2.75, 3.05) is 7.11 Å². The number of carbonyl (C=O) groups is 1. The van der Waals surface area contributed by atoms with Gasteiger partial charge in [0.1, 0.15) is 11.1 Å². The topological polar surface area (TPSA) is 38.3 Å². The van der Waals surface area contributed by atoms with E-state index in [1.807, 2.05) is 24.3 Å². The Morgan fingerprint density at radius 2 is 2.33 bits per heavy atom. The third-order valence-corrected chi connectivity index (χ3v) is 2.16. The van der Waals surface area contributed by atoms with Crippen LogP contribution in [0.25, 0.3) is 0 Å². The number of alkyl halides is 1. The van der Waals surface area contributed by atoms with Gasteiger partial charge in [0.15, 0.2) is 0 Å². The van der Waals surface area contributed by atoms with Crippen molar-refractivity contribution in [3.8, 4) is 5.75 Å². The van der Waals surface area contributed by atoms with E-state index < -0.39 is 5.38 Å². The fourth-order valence-corrected chi connectivity index (χ4v) is 1.19. The number of amides is 1. The summed E-state index contributed by atoms with van der Waals surface area (Å²) >= 11 is 5.62. The number of carbonyl (C=O) groups excluding carboxylic acids is 1. The van der Waals surface area contributed by atoms with E-state index in [-0.39, 0.29) is 5.91 Å². The van der Waals surface area contributed by atoms with Gasteiger partial charge in [-0.3, -0.25) is 4.79 Å². The van der Waals surface area contributed by atoms with Crippen LogP contribution in [0.3, 0.4) is 0 Å². The van der Waals surface area contributed by atoms with E-state index in [4.69, 9.17) is 16.3 Å². The van der Waals surface area contributed by atoms with E-state index in [1.165, 1.54) is 0 Å². The highest BCUT2D eigenvalue weighted by atomic mass is 35.5. The Bertz CT molecular complexity index is 339. The minimum absolute atomic E-state index is 0.167. The van der Waals surface area contributed by atoms with Crippen LogP contribution in [0.2, 0.25) is 0 Å². The molecule has 0 saturated heterocycles. The molecule has 1 atom stereocenters. The van der Waals surface area contributed by atoms with Crippen LogP contribution in [0.4, 0.5) is 0 Å². The molecule has 1 N–H and O–H groups in total. The van der Waals surface area contributed by atoms with Crippen LogP contribution in [0.1, 0.15) is 12.5 Å². The smallest absolute Gasteiger partial charge is 0.238 e. The molecular formula is C11H14ClNO2. The van der Waals surface area contributed by atoms with Crippen molar-refractivity contribution in [3.05, 3.63) is 29.8 Å². The molecule has 15 heavy (non-hydrogen) atoms. The molecule has 0 saturated carbocycles. The molecule has 4 heteroatoms. The predicted octanol–water partition coefficient (Wildman–Crippen LogP) is 1.94. The maximum atomic E-state index is 11.2. The molecule has 0 heterocycles. The van der Waals surface area contributed by atoms with E-state index in [1.54, 1.807) is 14.0 Å². The van der Waals surface area contributed by atoms with Crippen molar-refractivity contribution < 1.29 is 9.53 Å². The first-order valence-corrected chi connectivity index (χ1v) is 5.12. The number of methoxy groups -OCH3 is 1. The molecule has 0 aliphatic rings. The molecule has 1 aromatic rings. The van der Waals surface area contributed by atoms with Gasteiger partial charge in [-0.15, -0.1) is 11.6 Å². The summed E-state index contributed by atoms with van der Waals surface area (Å²) in [5.74, 6) is 0.611. The molecular weight excluding hydrogens is 214 g/mol. The number of hydrogen-bond donors (Lipinski definition) is 1. The first-order chi connectivity index (χ1) is 7.13. The molecule has 1 rings (SSSR count). The van der Waals surface area contributed by atoms with Crippen LogP contribution in [0.15, 0.2) is 24.3 Å². The maximum Gasteiger partial charge on any atom is 0.238 e. The van der Waals surface area contributed by atoms with Crippen LogP contribution in [-0.4, -0.2) is 18.4 Å². The van der Waals surface area contributed by atoms with Gasteiger partial charge in [0.05, 0.1) is 7.11 Å². The monoisotopic (exact) mass is 227 g/mol. The van der Waals surface area contributed by atoms with Gasteiger partial charge in [0, 0.05) is 6.54 Å². The number of halogens is 1. The number of rotatable bonds is 4. The number of nitrogens with one attached hydrogen (secondary N) is 1. The number of hydrogen-bond acceptors (Lipinski definition) is 2. The molecule has 0 radical (unpaired) electrons. The summed E-state index contributed by atoms with van der Waals surface area (Å²) < 4.78 is 5.07. The summed E-state index contributed by atoms with van der Waals surface area (Å²) in [7, 11) is 1.61. The van der Waals surface area contributed by atoms with Crippen LogP contribution >= 0.6 is 11.6 Å². The highest BCUT2D eigenvalue weighted by Gasteiger charge is 2.07. The molecule has 0 aliphatic carbocycles. The van der Waals surface area contributed by atoms with Crippen molar-refractivity contribution in [1.82, 2.24) is 5.32 Å². The lowest BCUT2D eigenvalue weighted by atomic mass is 10.2. The third kappa shape index (κ3) is 3.80. The molecule has 0 spiro atoms. The molecule has 1 amide bonds. The second-order valence-electron chi connectivity index (χ2n) is 3.19. The van der Waals surface area contributed by atoms with E-state index in [9.17, 15) is 4.79 Å². The van der Waals surface area contributed by atoms with E-state index in [2.05, 4.69) is 5.32 Å². The Hall–Kier alpha value is -1.22. The Morgan fingerprint density at radius 3 is 2.93 bits per heavy atom. The van der Waals surface area contributed by atoms with Crippen molar-refractivity contribution >= 4 is 17.5 Å². The molecule has 3 nitrogen and oxygen atoms in total. The summed E-state index contributed by atoms with van der Waals surface area (Å²) in [5, 5.41) is 2.22. The Morgan fingerprint density at radius 1 is 1.60 bits per heavy atom. The van der Waals surface area contributed by atoms with Crippen LogP contribution < -0.4 is 10.1 Å². The van der Waals surface area contributed by atoms with Crippen molar-refractivity contribution in [2.45, 2.75) is 18.8 Å². The molecule has 1 aromatic carbocycles. The fourth-order valence-electron chi connectivity index (χ4n) is 1.11. The first-order valence-electron chi connectivity index (χ1n) is 4.68. The second kappa shape index (κ2) is 5.61. The standard InChI is InChI=1S/C11H14ClNO2/c1-8(12)11(14)13-7-9-4-3-5-10(6-9)15-2/h3-6,8H,7H2,1-2H3,(H,13,14)/t8-/m1/s1. The second-order valence-corrected chi connectivity index (χ2v) is 3.84. The van der Waals surface area contributed by atoms with Gasteiger partial charge in [-0.25, -0.2) is 0 Å². The highest BCUT2D eigenvalue weighted by molar-refractivity contribution is 6.30. The van der Waals surface area contributed by atoms with Gasteiger partial charge in [-0.2, -0.15) is 0 Å². The van der Waals surface area contributed by atoms with Crippen LogP contribution in [-0.2, 0) is 11.3 Å². The van der Waals surface area contributed by atoms with Gasteiger partial charge < -0.3 is 10.1 Å². The van der Waals surface area contributed by atoms with Gasteiger partial charge in [0.25, 0.3) is 0 Å². The zero-order chi connectivity index (χ0) is 11.3. The Kier molecular flexibility index (Phi) is 4.43. The lowest BCUT2D eigenvalue weighted by Gasteiger charge is -2.07. The maximum absolute atomic E-state index is 11.2. The average molecular weight is 228 g/mol. The van der Waals surface area contributed by atoms with Crippen molar-refractivity contribution in [1.29, 1.82) is 0 Å². The van der Waals surface area contributed by atoms with Crippen LogP contribution in [0, 0.1) is 0 Å². The summed E-state index contributed by atoms with van der Waals surface area (Å²) in [6, 6.07) is 7.53. The molecule has 0 unspecified atom stereocenters. The highest BCUT2D eigenvalue weighted by Crippen LogP contribution is 2.12. The summed E-state index contributed by atoms with van der Waals surface area (Å²) in [4.78, 5) is 11.2. The summed E-state index contributed by atoms with van der Waals surface area (Å²) in [5.41, 5.74) is 0.986. The van der Waals surface area contributed by atoms with Crippen molar-refractivity contribution in [2.24, 2.45) is 0 Å². The van der Waals surface area contributed by atoms with Crippen molar-refractivity contribution in [3.63, 3.8) is 0 Å². The van der Waals surface area contributed by atoms with Gasteiger partial charge in [-0.1, -0.05) is 12.1 Å². The molecule has 0 bridgehead atoms. The molecule has 0 aliphatic heterocycles. The number of benzene rings is 1. The zero-order valence-electron chi connectivity index (χ0n) is 8.79. The zero-order valence-corrected chi connectivity index (χ0v) is 9.54. The Balaban J connectivity index is 2.54. The minimum atomic E-state index is -0.504. The summed E-state index contributed by atoms with van der Waals surface area (Å²) in [6.45, 7) is 2.11. The molecule has 0 fully saturated rings. The average Bonchev–Trinajstić information content (AvgIpc) is 2.26. The first kappa shape index (κ1) is 11.9. The lowest BCUT2D eigenvalue weighted by molar-refractivity contribution is -0.120. The number of ether oxygens (including phenoxy) is 1. The largest absolute Gasteiger partial charge is 0.497 e. The third-order valence-electron chi connectivity index (χ3n) is 1.96. The van der Waals surface area contributed by atoms with Gasteiger partial charge >= 0.3 is 0 Å². The SMILES string of the molecule is COc1cccc(CNC(=O)[C@@H](C)Cl)c1. The van der Waals surface area contributed by atoms with E-state index >= 15 is 0 Å². The van der Waals surface area contributed by atoms with Gasteiger partial charge in [0.2, 0.25) is 5.91 Å². The minimum Gasteiger partial charge on any atom is -0.497 e. The van der Waals surface area contributed by atoms with Gasteiger partial charge in [-0.05, 0) is 24.6 Å². The van der Waals surface area contributed by atoms with E-state index in [0.29, 0.717) is 6.54 Å². The normalized spacial score (nSPS) is 11.9.